The van der Waals surface area contributed by atoms with E-state index < -0.39 is 5.97 Å². The van der Waals surface area contributed by atoms with Crippen molar-refractivity contribution in [1.29, 1.82) is 0 Å². The average molecular weight is 287 g/mol. The number of pyridine rings is 1. The van der Waals surface area contributed by atoms with E-state index in [1.54, 1.807) is 12.3 Å². The number of anilines is 1. The van der Waals surface area contributed by atoms with Crippen LogP contribution in [0.2, 0.25) is 0 Å². The highest BCUT2D eigenvalue weighted by atomic mass is 16.4. The van der Waals surface area contributed by atoms with E-state index in [0.29, 0.717) is 25.1 Å². The van der Waals surface area contributed by atoms with Gasteiger partial charge in [-0.1, -0.05) is 6.07 Å². The summed E-state index contributed by atoms with van der Waals surface area (Å²) in [5, 5.41) is 14.9. The van der Waals surface area contributed by atoms with Gasteiger partial charge in [-0.2, -0.15) is 0 Å². The van der Waals surface area contributed by atoms with Crippen LogP contribution in [0.1, 0.15) is 19.3 Å². The first-order chi connectivity index (χ1) is 10.1. The van der Waals surface area contributed by atoms with Crippen molar-refractivity contribution in [3.8, 4) is 0 Å². The van der Waals surface area contributed by atoms with Crippen LogP contribution in [0.15, 0.2) is 36.5 Å². The summed E-state index contributed by atoms with van der Waals surface area (Å²) in [7, 11) is 0. The summed E-state index contributed by atoms with van der Waals surface area (Å²) >= 11 is 0. The molecule has 6 nitrogen and oxygen atoms in total. The van der Waals surface area contributed by atoms with Crippen LogP contribution in [0.25, 0.3) is 10.9 Å². The van der Waals surface area contributed by atoms with Crippen LogP contribution in [0, 0.1) is 0 Å². The molecule has 2 rings (SSSR count). The van der Waals surface area contributed by atoms with Gasteiger partial charge >= 0.3 is 12.0 Å². The molecule has 1 aromatic heterocycles. The Bertz CT molecular complexity index is 643. The number of urea groups is 1. The molecule has 21 heavy (non-hydrogen) atoms. The van der Waals surface area contributed by atoms with E-state index in [4.69, 9.17) is 5.11 Å². The highest BCUT2D eigenvalue weighted by Crippen LogP contribution is 2.16. The fourth-order valence-corrected chi connectivity index (χ4v) is 1.93. The number of aliphatic carboxylic acids is 1. The van der Waals surface area contributed by atoms with Crippen LogP contribution < -0.4 is 10.6 Å². The van der Waals surface area contributed by atoms with Crippen molar-refractivity contribution in [2.24, 2.45) is 0 Å². The number of fused-ring (bicyclic) bond motifs is 1. The Morgan fingerprint density at radius 1 is 1.19 bits per heavy atom. The smallest absolute Gasteiger partial charge is 0.319 e. The molecule has 0 fully saturated rings. The molecule has 0 saturated heterocycles. The second kappa shape index (κ2) is 7.23. The van der Waals surface area contributed by atoms with Crippen molar-refractivity contribution in [2.75, 3.05) is 11.9 Å². The predicted molar refractivity (Wildman–Crippen MR) is 80.3 cm³/mol. The fraction of sp³-hybridized carbons (Fsp3) is 0.267. The van der Waals surface area contributed by atoms with Crippen LogP contribution in [0.3, 0.4) is 0 Å². The van der Waals surface area contributed by atoms with Crippen molar-refractivity contribution in [1.82, 2.24) is 10.3 Å². The van der Waals surface area contributed by atoms with Crippen LogP contribution in [-0.4, -0.2) is 28.6 Å². The number of hydrogen-bond acceptors (Lipinski definition) is 3. The molecule has 1 heterocycles. The number of amides is 2. The minimum Gasteiger partial charge on any atom is -0.481 e. The van der Waals surface area contributed by atoms with Gasteiger partial charge in [0.05, 0.1) is 5.52 Å². The number of carbonyl (C=O) groups is 2. The van der Waals surface area contributed by atoms with E-state index in [9.17, 15) is 9.59 Å². The molecule has 0 saturated carbocycles. The normalized spacial score (nSPS) is 10.3. The minimum atomic E-state index is -0.816. The Morgan fingerprint density at radius 3 is 2.86 bits per heavy atom. The van der Waals surface area contributed by atoms with Gasteiger partial charge in [0, 0.05) is 30.2 Å². The summed E-state index contributed by atoms with van der Waals surface area (Å²) in [6, 6.07) is 8.96. The Hall–Kier alpha value is -2.63. The highest BCUT2D eigenvalue weighted by Gasteiger charge is 2.03. The monoisotopic (exact) mass is 287 g/mol. The number of unbranched alkanes of at least 4 members (excludes halogenated alkanes) is 1. The van der Waals surface area contributed by atoms with E-state index in [2.05, 4.69) is 15.6 Å². The van der Waals surface area contributed by atoms with Crippen LogP contribution in [0.5, 0.6) is 0 Å². The zero-order valence-electron chi connectivity index (χ0n) is 11.5. The van der Waals surface area contributed by atoms with Crippen LogP contribution >= 0.6 is 0 Å². The molecular formula is C15H17N3O3. The molecule has 1 aromatic carbocycles. The summed E-state index contributed by atoms with van der Waals surface area (Å²) in [6.07, 6.45) is 3.04. The lowest BCUT2D eigenvalue weighted by molar-refractivity contribution is -0.137. The Balaban J connectivity index is 1.80. The van der Waals surface area contributed by atoms with Gasteiger partial charge < -0.3 is 15.7 Å². The second-order valence-corrected chi connectivity index (χ2v) is 4.64. The molecule has 0 radical (unpaired) electrons. The summed E-state index contributed by atoms with van der Waals surface area (Å²) < 4.78 is 0. The number of rotatable bonds is 6. The van der Waals surface area contributed by atoms with Gasteiger partial charge in [-0.15, -0.1) is 0 Å². The van der Waals surface area contributed by atoms with Crippen molar-refractivity contribution in [2.45, 2.75) is 19.3 Å². The first kappa shape index (κ1) is 14.8. The van der Waals surface area contributed by atoms with Crippen molar-refractivity contribution in [3.05, 3.63) is 36.5 Å². The van der Waals surface area contributed by atoms with Crippen molar-refractivity contribution in [3.63, 3.8) is 0 Å². The molecule has 0 atom stereocenters. The standard InChI is InChI=1S/C15H17N3O3/c19-14(20)5-1-2-8-17-15(21)18-12-6-7-13-11(10-12)4-3-9-16-13/h3-4,6-7,9-10H,1-2,5,8H2,(H,19,20)(H2,17,18,21). The average Bonchev–Trinajstić information content (AvgIpc) is 2.46. The maximum atomic E-state index is 11.7. The van der Waals surface area contributed by atoms with Gasteiger partial charge in [-0.25, -0.2) is 4.79 Å². The van der Waals surface area contributed by atoms with Crippen LogP contribution in [0.4, 0.5) is 10.5 Å². The maximum Gasteiger partial charge on any atom is 0.319 e. The first-order valence-electron chi connectivity index (χ1n) is 6.76. The quantitative estimate of drug-likeness (QED) is 0.712. The van der Waals surface area contributed by atoms with Gasteiger partial charge in [-0.3, -0.25) is 9.78 Å². The molecular weight excluding hydrogens is 270 g/mol. The number of hydrogen-bond donors (Lipinski definition) is 3. The number of nitrogens with one attached hydrogen (secondary N) is 2. The number of aromatic nitrogens is 1. The van der Waals surface area contributed by atoms with E-state index >= 15 is 0 Å². The van der Waals surface area contributed by atoms with Gasteiger partial charge in [0.2, 0.25) is 0 Å². The zero-order valence-corrected chi connectivity index (χ0v) is 11.5. The molecule has 110 valence electrons. The van der Waals surface area contributed by atoms with E-state index in [-0.39, 0.29) is 12.5 Å². The SMILES string of the molecule is O=C(O)CCCCNC(=O)Nc1ccc2ncccc2c1. The molecule has 0 unspecified atom stereocenters. The van der Waals surface area contributed by atoms with E-state index in [1.807, 2.05) is 24.3 Å². The van der Waals surface area contributed by atoms with Gasteiger partial charge in [0.1, 0.15) is 0 Å². The van der Waals surface area contributed by atoms with Crippen molar-refractivity contribution >= 4 is 28.6 Å². The molecule has 6 heteroatoms. The molecule has 3 N–H and O–H groups in total. The zero-order chi connectivity index (χ0) is 15.1. The molecule has 0 aliphatic carbocycles. The van der Waals surface area contributed by atoms with Gasteiger partial charge in [-0.05, 0) is 37.1 Å². The lowest BCUT2D eigenvalue weighted by Gasteiger charge is -2.08. The summed E-state index contributed by atoms with van der Waals surface area (Å²) in [5.41, 5.74) is 1.57. The number of carbonyl (C=O) groups excluding carboxylic acids is 1. The Kier molecular flexibility index (Phi) is 5.09. The molecule has 0 bridgehead atoms. The summed E-state index contributed by atoms with van der Waals surface area (Å²) in [4.78, 5) is 26.2. The fourth-order valence-electron chi connectivity index (χ4n) is 1.93. The summed E-state index contributed by atoms with van der Waals surface area (Å²) in [6.45, 7) is 0.453. The number of benzene rings is 1. The Labute approximate surface area is 122 Å². The lowest BCUT2D eigenvalue weighted by atomic mass is 10.2. The number of carboxylic acids is 1. The van der Waals surface area contributed by atoms with E-state index in [0.717, 1.165) is 10.9 Å². The molecule has 0 aliphatic rings. The van der Waals surface area contributed by atoms with Crippen molar-refractivity contribution < 1.29 is 14.7 Å². The molecule has 0 spiro atoms. The maximum absolute atomic E-state index is 11.7. The highest BCUT2D eigenvalue weighted by molar-refractivity contribution is 5.92. The summed E-state index contributed by atoms with van der Waals surface area (Å²) in [5.74, 6) is -0.816. The minimum absolute atomic E-state index is 0.126. The second-order valence-electron chi connectivity index (χ2n) is 4.64. The molecule has 2 amide bonds. The van der Waals surface area contributed by atoms with E-state index in [1.165, 1.54) is 0 Å². The predicted octanol–water partition coefficient (Wildman–Crippen LogP) is 2.61. The largest absolute Gasteiger partial charge is 0.481 e. The third-order valence-corrected chi connectivity index (χ3v) is 2.96. The number of carboxylic acid groups (broad SMARTS) is 1. The number of nitrogens with zero attached hydrogens (tertiary/aromatic N) is 1. The third kappa shape index (κ3) is 4.76. The third-order valence-electron chi connectivity index (χ3n) is 2.96. The first-order valence-corrected chi connectivity index (χ1v) is 6.76. The Morgan fingerprint density at radius 2 is 2.05 bits per heavy atom. The topological polar surface area (TPSA) is 91.3 Å². The van der Waals surface area contributed by atoms with Gasteiger partial charge in [0.25, 0.3) is 0 Å². The van der Waals surface area contributed by atoms with Crippen LogP contribution in [-0.2, 0) is 4.79 Å². The van der Waals surface area contributed by atoms with Gasteiger partial charge in [0.15, 0.2) is 0 Å². The molecule has 0 aliphatic heterocycles. The molecule has 2 aromatic rings. The lowest BCUT2D eigenvalue weighted by Crippen LogP contribution is -2.29.